The van der Waals surface area contributed by atoms with Crippen LogP contribution in [0, 0.1) is 5.82 Å². The van der Waals surface area contributed by atoms with Crippen LogP contribution in [0.5, 0.6) is 5.75 Å². The van der Waals surface area contributed by atoms with E-state index in [1.165, 1.54) is 41.7 Å². The minimum absolute atomic E-state index is 0.150. The molecule has 7 nitrogen and oxygen atoms in total. The maximum absolute atomic E-state index is 13.2. The summed E-state index contributed by atoms with van der Waals surface area (Å²) in [7, 11) is 0. The summed E-state index contributed by atoms with van der Waals surface area (Å²) in [5.74, 6) is -0.561. The first-order valence-electron chi connectivity index (χ1n) is 8.99. The molecular formula is C20H18FN2O5S2-. The van der Waals surface area contributed by atoms with Crippen LogP contribution in [0.25, 0.3) is 10.6 Å². The Morgan fingerprint density at radius 3 is 2.57 bits per heavy atom. The summed E-state index contributed by atoms with van der Waals surface area (Å²) in [5, 5.41) is 2.10. The lowest BCUT2D eigenvalue weighted by molar-refractivity contribution is 0.0526. The Morgan fingerprint density at radius 1 is 1.20 bits per heavy atom. The first-order valence-corrected chi connectivity index (χ1v) is 10.9. The van der Waals surface area contributed by atoms with Crippen molar-refractivity contribution in [2.45, 2.75) is 13.8 Å². The largest absolute Gasteiger partial charge is 0.755 e. The molecule has 0 radical (unpaired) electrons. The van der Waals surface area contributed by atoms with Crippen molar-refractivity contribution < 1.29 is 27.4 Å². The Kier molecular flexibility index (Phi) is 7.14. The van der Waals surface area contributed by atoms with Crippen LogP contribution >= 0.6 is 11.3 Å². The van der Waals surface area contributed by atoms with E-state index in [2.05, 4.69) is 4.98 Å². The third-order valence-electron chi connectivity index (χ3n) is 3.93. The molecule has 2 aromatic carbocycles. The zero-order chi connectivity index (χ0) is 21.7. The zero-order valence-corrected chi connectivity index (χ0v) is 17.8. The molecule has 30 heavy (non-hydrogen) atoms. The lowest BCUT2D eigenvalue weighted by Gasteiger charge is -2.26. The molecule has 0 amide bonds. The van der Waals surface area contributed by atoms with Crippen LogP contribution in [0.2, 0.25) is 0 Å². The molecule has 0 bridgehead atoms. The molecule has 1 aromatic heterocycles. The molecule has 0 aliphatic carbocycles. The number of benzene rings is 2. The SMILES string of the molecule is CCOC(=O)c1ccc(N(c2csc(-c3ccc(F)cc3)n2)S(=O)[O-])c(OCC)c1. The number of anilines is 2. The Labute approximate surface area is 179 Å². The highest BCUT2D eigenvalue weighted by atomic mass is 32.2. The molecule has 0 aliphatic heterocycles. The first-order chi connectivity index (χ1) is 14.4. The molecule has 0 fully saturated rings. The van der Waals surface area contributed by atoms with Gasteiger partial charge in [0.05, 0.1) is 35.7 Å². The van der Waals surface area contributed by atoms with Gasteiger partial charge in [0, 0.05) is 10.9 Å². The molecule has 3 aromatic rings. The minimum atomic E-state index is -2.72. The minimum Gasteiger partial charge on any atom is -0.755 e. The molecule has 0 saturated carbocycles. The van der Waals surface area contributed by atoms with Crippen molar-refractivity contribution in [1.82, 2.24) is 4.98 Å². The van der Waals surface area contributed by atoms with E-state index in [0.29, 0.717) is 10.6 Å². The number of esters is 1. The van der Waals surface area contributed by atoms with E-state index in [-0.39, 0.29) is 41.8 Å². The molecule has 158 valence electrons. The molecule has 0 spiro atoms. The van der Waals surface area contributed by atoms with Crippen molar-refractivity contribution in [3.8, 4) is 16.3 Å². The average molecular weight is 450 g/mol. The van der Waals surface area contributed by atoms with Gasteiger partial charge in [0.2, 0.25) is 0 Å². The van der Waals surface area contributed by atoms with Crippen LogP contribution in [0.4, 0.5) is 15.9 Å². The van der Waals surface area contributed by atoms with E-state index in [1.807, 2.05) is 0 Å². The fourth-order valence-corrected chi connectivity index (χ4v) is 4.08. The molecular weight excluding hydrogens is 431 g/mol. The summed E-state index contributed by atoms with van der Waals surface area (Å²) in [6, 6.07) is 10.1. The van der Waals surface area contributed by atoms with Gasteiger partial charge >= 0.3 is 5.97 Å². The summed E-state index contributed by atoms with van der Waals surface area (Å²) in [5.41, 5.74) is 1.10. The van der Waals surface area contributed by atoms with Gasteiger partial charge < -0.3 is 14.0 Å². The molecule has 10 heteroatoms. The van der Waals surface area contributed by atoms with Gasteiger partial charge in [0.1, 0.15) is 16.6 Å². The van der Waals surface area contributed by atoms with Crippen molar-refractivity contribution in [1.29, 1.82) is 0 Å². The van der Waals surface area contributed by atoms with Gasteiger partial charge in [0.25, 0.3) is 0 Å². The van der Waals surface area contributed by atoms with Crippen LogP contribution < -0.4 is 9.04 Å². The first kappa shape index (κ1) is 21.9. The number of rotatable bonds is 8. The second-order valence-electron chi connectivity index (χ2n) is 5.87. The van der Waals surface area contributed by atoms with Gasteiger partial charge in [-0.15, -0.1) is 11.3 Å². The predicted molar refractivity (Wildman–Crippen MR) is 112 cm³/mol. The van der Waals surface area contributed by atoms with Crippen molar-refractivity contribution in [3.05, 3.63) is 59.2 Å². The number of halogens is 1. The van der Waals surface area contributed by atoms with Crippen molar-refractivity contribution >= 4 is 40.1 Å². The number of carbonyl (C=O) groups is 1. The lowest BCUT2D eigenvalue weighted by Crippen LogP contribution is -2.21. The second-order valence-corrected chi connectivity index (χ2v) is 7.52. The van der Waals surface area contributed by atoms with Gasteiger partial charge in [-0.05, 0) is 56.3 Å². The van der Waals surface area contributed by atoms with E-state index >= 15 is 0 Å². The molecule has 3 rings (SSSR count). The third-order valence-corrected chi connectivity index (χ3v) is 5.49. The number of nitrogens with zero attached hydrogens (tertiary/aromatic N) is 2. The summed E-state index contributed by atoms with van der Waals surface area (Å²) < 4.78 is 48.8. The Bertz CT molecular complexity index is 1060. The van der Waals surface area contributed by atoms with Crippen LogP contribution in [0.1, 0.15) is 24.2 Å². The van der Waals surface area contributed by atoms with Gasteiger partial charge in [-0.2, -0.15) is 0 Å². The number of carbonyl (C=O) groups excluding carboxylic acids is 1. The molecule has 1 unspecified atom stereocenters. The lowest BCUT2D eigenvalue weighted by atomic mass is 10.2. The Balaban J connectivity index is 2.01. The number of thiazole rings is 1. The molecule has 1 atom stereocenters. The van der Waals surface area contributed by atoms with Gasteiger partial charge in [0.15, 0.2) is 5.82 Å². The van der Waals surface area contributed by atoms with E-state index in [1.54, 1.807) is 31.4 Å². The number of aromatic nitrogens is 1. The highest BCUT2D eigenvalue weighted by molar-refractivity contribution is 7.81. The van der Waals surface area contributed by atoms with Gasteiger partial charge in [-0.1, -0.05) is 0 Å². The van der Waals surface area contributed by atoms with Crippen LogP contribution in [0.15, 0.2) is 47.8 Å². The average Bonchev–Trinajstić information content (AvgIpc) is 3.19. The smallest absolute Gasteiger partial charge is 0.338 e. The fraction of sp³-hybridized carbons (Fsp3) is 0.200. The number of hydrogen-bond donors (Lipinski definition) is 0. The van der Waals surface area contributed by atoms with Crippen molar-refractivity contribution in [2.75, 3.05) is 17.5 Å². The molecule has 1 heterocycles. The third kappa shape index (κ3) is 4.84. The van der Waals surface area contributed by atoms with E-state index < -0.39 is 17.2 Å². The van der Waals surface area contributed by atoms with Gasteiger partial charge in [-0.25, -0.2) is 18.5 Å². The second kappa shape index (κ2) is 9.79. The molecule has 0 saturated heterocycles. The van der Waals surface area contributed by atoms with Gasteiger partial charge in [-0.3, -0.25) is 4.21 Å². The molecule has 0 N–H and O–H groups in total. The maximum Gasteiger partial charge on any atom is 0.338 e. The standard InChI is InChI=1S/C20H19FN2O5S2/c1-3-27-17-11-14(20(24)28-4-2)7-10-16(17)23(30(25)26)18-12-29-19(22-18)13-5-8-15(21)9-6-13/h5-12H,3-4H2,1-2H3,(H,25,26)/p-1. The summed E-state index contributed by atoms with van der Waals surface area (Å²) in [6.07, 6.45) is 0. The molecule has 0 aliphatic rings. The summed E-state index contributed by atoms with van der Waals surface area (Å²) in [6.45, 7) is 3.91. The van der Waals surface area contributed by atoms with E-state index in [0.717, 1.165) is 4.31 Å². The number of hydrogen-bond acceptors (Lipinski definition) is 7. The van der Waals surface area contributed by atoms with Crippen LogP contribution in [-0.4, -0.2) is 32.9 Å². The van der Waals surface area contributed by atoms with E-state index in [4.69, 9.17) is 9.47 Å². The zero-order valence-electron chi connectivity index (χ0n) is 16.2. The quantitative estimate of drug-likeness (QED) is 0.373. The Morgan fingerprint density at radius 2 is 1.93 bits per heavy atom. The van der Waals surface area contributed by atoms with Crippen LogP contribution in [0.3, 0.4) is 0 Å². The Hall–Kier alpha value is -2.82. The monoisotopic (exact) mass is 449 g/mol. The predicted octanol–water partition coefficient (Wildman–Crippen LogP) is 4.46. The van der Waals surface area contributed by atoms with Crippen molar-refractivity contribution in [2.24, 2.45) is 0 Å². The fourth-order valence-electron chi connectivity index (χ4n) is 2.66. The van der Waals surface area contributed by atoms with Crippen LogP contribution in [-0.2, 0) is 16.0 Å². The number of ether oxygens (including phenoxy) is 2. The normalized spacial score (nSPS) is 11.7. The van der Waals surface area contributed by atoms with Crippen molar-refractivity contribution in [3.63, 3.8) is 0 Å². The summed E-state index contributed by atoms with van der Waals surface area (Å²) in [4.78, 5) is 16.4. The maximum atomic E-state index is 13.2. The summed E-state index contributed by atoms with van der Waals surface area (Å²) >= 11 is -1.50. The highest BCUT2D eigenvalue weighted by Crippen LogP contribution is 2.38. The highest BCUT2D eigenvalue weighted by Gasteiger charge is 2.21. The topological polar surface area (TPSA) is 91.8 Å². The van der Waals surface area contributed by atoms with E-state index in [9.17, 15) is 17.9 Å².